The quantitative estimate of drug-likeness (QED) is 0.508. The predicted octanol–water partition coefficient (Wildman–Crippen LogP) is 4.48. The molecule has 3 aromatic rings. The molecule has 34 heavy (non-hydrogen) atoms. The number of ether oxygens (including phenoxy) is 1. The normalized spacial score (nSPS) is 15.5. The Balaban J connectivity index is 1.36. The summed E-state index contributed by atoms with van der Waals surface area (Å²) in [5.41, 5.74) is 3.69. The van der Waals surface area contributed by atoms with E-state index in [9.17, 15) is 9.59 Å². The fourth-order valence-corrected chi connectivity index (χ4v) is 4.41. The van der Waals surface area contributed by atoms with Gasteiger partial charge in [-0.25, -0.2) is 4.79 Å². The molecule has 0 spiro atoms. The Morgan fingerprint density at radius 1 is 0.912 bits per heavy atom. The molecule has 0 saturated carbocycles. The third kappa shape index (κ3) is 5.83. The van der Waals surface area contributed by atoms with Gasteiger partial charge in [0.15, 0.2) is 0 Å². The summed E-state index contributed by atoms with van der Waals surface area (Å²) in [5, 5.41) is 3.69. The van der Waals surface area contributed by atoms with Crippen LogP contribution >= 0.6 is 11.6 Å². The maximum Gasteiger partial charge on any atom is 0.327 e. The van der Waals surface area contributed by atoms with Crippen molar-refractivity contribution < 1.29 is 14.3 Å². The zero-order valence-corrected chi connectivity index (χ0v) is 19.9. The first kappa shape index (κ1) is 24.0. The molecule has 1 amide bonds. The first-order chi connectivity index (χ1) is 16.5. The average molecular weight is 478 g/mol. The Kier molecular flexibility index (Phi) is 7.95. The number of methoxy groups -OCH3 is 1. The first-order valence-corrected chi connectivity index (χ1v) is 11.7. The van der Waals surface area contributed by atoms with Crippen molar-refractivity contribution in [2.45, 2.75) is 6.04 Å². The summed E-state index contributed by atoms with van der Waals surface area (Å²) in [7, 11) is 1.40. The van der Waals surface area contributed by atoms with Crippen LogP contribution in [-0.4, -0.2) is 61.5 Å². The fraction of sp³-hybridized carbons (Fsp3) is 0.259. The highest BCUT2D eigenvalue weighted by Crippen LogP contribution is 2.28. The minimum absolute atomic E-state index is 0.0564. The number of para-hydroxylation sites is 1. The summed E-state index contributed by atoms with van der Waals surface area (Å²) in [4.78, 5) is 29.6. The van der Waals surface area contributed by atoms with Gasteiger partial charge in [0.25, 0.3) is 0 Å². The zero-order chi connectivity index (χ0) is 23.9. The van der Waals surface area contributed by atoms with Crippen molar-refractivity contribution in [1.29, 1.82) is 0 Å². The van der Waals surface area contributed by atoms with E-state index in [0.29, 0.717) is 37.7 Å². The standard InChI is InChI=1S/C27H28ClN3O3/c1-34-27(33)26(21-11-13-22(28)14-12-21)31-17-15-30(16-18-31)19-25(32)29-24-10-6-5-9-23(24)20-7-3-2-4-8-20/h2-14,26H,15-19H2,1H3,(H,29,32). The molecule has 1 aliphatic heterocycles. The molecule has 1 saturated heterocycles. The second-order valence-electron chi connectivity index (χ2n) is 8.25. The number of esters is 1. The van der Waals surface area contributed by atoms with Gasteiger partial charge in [-0.3, -0.25) is 14.6 Å². The lowest BCUT2D eigenvalue weighted by Gasteiger charge is -2.38. The Morgan fingerprint density at radius 3 is 2.24 bits per heavy atom. The minimum atomic E-state index is -0.490. The maximum atomic E-state index is 12.8. The van der Waals surface area contributed by atoms with Gasteiger partial charge in [0.05, 0.1) is 13.7 Å². The second-order valence-corrected chi connectivity index (χ2v) is 8.69. The van der Waals surface area contributed by atoms with E-state index in [1.165, 1.54) is 7.11 Å². The van der Waals surface area contributed by atoms with E-state index in [2.05, 4.69) is 15.1 Å². The smallest absolute Gasteiger partial charge is 0.327 e. The second kappa shape index (κ2) is 11.3. The molecule has 7 heteroatoms. The van der Waals surface area contributed by atoms with Gasteiger partial charge in [0.2, 0.25) is 5.91 Å². The summed E-state index contributed by atoms with van der Waals surface area (Å²) in [6.45, 7) is 2.94. The molecule has 1 heterocycles. The summed E-state index contributed by atoms with van der Waals surface area (Å²) in [6, 6.07) is 24.6. The van der Waals surface area contributed by atoms with E-state index in [0.717, 1.165) is 22.4 Å². The summed E-state index contributed by atoms with van der Waals surface area (Å²) < 4.78 is 5.06. The number of amides is 1. The molecule has 1 unspecified atom stereocenters. The van der Waals surface area contributed by atoms with Gasteiger partial charge < -0.3 is 10.1 Å². The van der Waals surface area contributed by atoms with Crippen molar-refractivity contribution in [3.8, 4) is 11.1 Å². The number of hydrogen-bond acceptors (Lipinski definition) is 5. The lowest BCUT2D eigenvalue weighted by atomic mass is 10.0. The van der Waals surface area contributed by atoms with Gasteiger partial charge in [-0.2, -0.15) is 0 Å². The van der Waals surface area contributed by atoms with E-state index in [1.54, 1.807) is 12.1 Å². The van der Waals surface area contributed by atoms with Gasteiger partial charge in [-0.05, 0) is 29.3 Å². The largest absolute Gasteiger partial charge is 0.468 e. The Morgan fingerprint density at radius 2 is 1.56 bits per heavy atom. The lowest BCUT2D eigenvalue weighted by Crippen LogP contribution is -2.51. The van der Waals surface area contributed by atoms with Crippen molar-refractivity contribution in [2.75, 3.05) is 45.2 Å². The molecular weight excluding hydrogens is 450 g/mol. The van der Waals surface area contributed by atoms with Crippen molar-refractivity contribution in [2.24, 2.45) is 0 Å². The number of anilines is 1. The highest BCUT2D eigenvalue weighted by Gasteiger charge is 2.31. The van der Waals surface area contributed by atoms with Gasteiger partial charge in [-0.15, -0.1) is 0 Å². The number of nitrogens with one attached hydrogen (secondary N) is 1. The van der Waals surface area contributed by atoms with Crippen LogP contribution in [0.4, 0.5) is 5.69 Å². The number of carbonyl (C=O) groups is 2. The molecule has 0 aliphatic carbocycles. The van der Waals surface area contributed by atoms with Crippen molar-refractivity contribution in [3.05, 3.63) is 89.4 Å². The van der Waals surface area contributed by atoms with Gasteiger partial charge in [0, 0.05) is 42.5 Å². The van der Waals surface area contributed by atoms with E-state index < -0.39 is 6.04 Å². The molecule has 176 valence electrons. The number of halogens is 1. The fourth-order valence-electron chi connectivity index (χ4n) is 4.29. The molecule has 1 fully saturated rings. The molecule has 0 aromatic heterocycles. The SMILES string of the molecule is COC(=O)C(c1ccc(Cl)cc1)N1CCN(CC(=O)Nc2ccccc2-c2ccccc2)CC1. The Hall–Kier alpha value is -3.19. The molecule has 0 bridgehead atoms. The van der Waals surface area contributed by atoms with E-state index in [-0.39, 0.29) is 11.9 Å². The topological polar surface area (TPSA) is 61.9 Å². The summed E-state index contributed by atoms with van der Waals surface area (Å²) in [5.74, 6) is -0.356. The van der Waals surface area contributed by atoms with Crippen LogP contribution in [0, 0.1) is 0 Å². The van der Waals surface area contributed by atoms with Crippen molar-refractivity contribution >= 4 is 29.2 Å². The Bertz CT molecular complexity index is 1110. The molecule has 6 nitrogen and oxygen atoms in total. The van der Waals surface area contributed by atoms with Gasteiger partial charge >= 0.3 is 5.97 Å². The number of piperazine rings is 1. The highest BCUT2D eigenvalue weighted by molar-refractivity contribution is 6.30. The van der Waals surface area contributed by atoms with E-state index >= 15 is 0 Å². The summed E-state index contributed by atoms with van der Waals surface area (Å²) in [6.07, 6.45) is 0. The maximum absolute atomic E-state index is 12.8. The van der Waals surface area contributed by atoms with Crippen LogP contribution in [0.25, 0.3) is 11.1 Å². The first-order valence-electron chi connectivity index (χ1n) is 11.3. The van der Waals surface area contributed by atoms with Crippen LogP contribution in [0.2, 0.25) is 5.02 Å². The lowest BCUT2D eigenvalue weighted by molar-refractivity contribution is -0.148. The van der Waals surface area contributed by atoms with Crippen LogP contribution in [0.15, 0.2) is 78.9 Å². The molecular formula is C27H28ClN3O3. The van der Waals surface area contributed by atoms with Crippen molar-refractivity contribution in [1.82, 2.24) is 9.80 Å². The van der Waals surface area contributed by atoms with Crippen LogP contribution in [-0.2, 0) is 14.3 Å². The third-order valence-corrected chi connectivity index (χ3v) is 6.29. The van der Waals surface area contributed by atoms with Crippen LogP contribution in [0.5, 0.6) is 0 Å². The number of rotatable bonds is 7. The van der Waals surface area contributed by atoms with E-state index in [4.69, 9.17) is 16.3 Å². The van der Waals surface area contributed by atoms with Gasteiger partial charge in [-0.1, -0.05) is 72.3 Å². The molecule has 1 atom stereocenters. The average Bonchev–Trinajstić information content (AvgIpc) is 2.87. The molecule has 3 aromatic carbocycles. The monoisotopic (exact) mass is 477 g/mol. The van der Waals surface area contributed by atoms with Crippen LogP contribution in [0.1, 0.15) is 11.6 Å². The molecule has 1 N–H and O–H groups in total. The zero-order valence-electron chi connectivity index (χ0n) is 19.1. The van der Waals surface area contributed by atoms with Crippen LogP contribution < -0.4 is 5.32 Å². The summed E-state index contributed by atoms with van der Waals surface area (Å²) >= 11 is 6.01. The molecule has 4 rings (SSSR count). The number of nitrogens with zero attached hydrogens (tertiary/aromatic N) is 2. The Labute approximate surface area is 205 Å². The van der Waals surface area contributed by atoms with Crippen molar-refractivity contribution in [3.63, 3.8) is 0 Å². The van der Waals surface area contributed by atoms with E-state index in [1.807, 2.05) is 66.7 Å². The number of hydrogen-bond donors (Lipinski definition) is 1. The van der Waals surface area contributed by atoms with Gasteiger partial charge in [0.1, 0.15) is 6.04 Å². The number of benzene rings is 3. The predicted molar refractivity (Wildman–Crippen MR) is 135 cm³/mol. The third-order valence-electron chi connectivity index (χ3n) is 6.04. The highest BCUT2D eigenvalue weighted by atomic mass is 35.5. The molecule has 0 radical (unpaired) electrons. The number of carbonyl (C=O) groups excluding carboxylic acids is 2. The van der Waals surface area contributed by atoms with Crippen LogP contribution in [0.3, 0.4) is 0 Å². The minimum Gasteiger partial charge on any atom is -0.468 e. The molecule has 1 aliphatic rings.